The highest BCUT2D eigenvalue weighted by Crippen LogP contribution is 2.34. The van der Waals surface area contributed by atoms with Gasteiger partial charge in [-0.25, -0.2) is 9.98 Å². The lowest BCUT2D eigenvalue weighted by molar-refractivity contribution is 1.32. The molecule has 23 heavy (non-hydrogen) atoms. The van der Waals surface area contributed by atoms with E-state index in [2.05, 4.69) is 75.4 Å². The minimum Gasteiger partial charge on any atom is -0.287 e. The van der Waals surface area contributed by atoms with E-state index in [1.54, 1.807) is 11.9 Å². The van der Waals surface area contributed by atoms with Gasteiger partial charge in [-0.3, -0.25) is 3.97 Å². The lowest BCUT2D eigenvalue weighted by Crippen LogP contribution is -1.85. The molecule has 0 amide bonds. The fourth-order valence-corrected chi connectivity index (χ4v) is 4.01. The van der Waals surface area contributed by atoms with Gasteiger partial charge in [0.05, 0.1) is 11.2 Å². The van der Waals surface area contributed by atoms with Crippen LogP contribution >= 0.6 is 23.3 Å². The Kier molecular flexibility index (Phi) is 3.73. The third-order valence-electron chi connectivity index (χ3n) is 3.55. The van der Waals surface area contributed by atoms with Crippen LogP contribution in [-0.4, -0.2) is 15.7 Å². The maximum absolute atomic E-state index is 4.52. The van der Waals surface area contributed by atoms with E-state index in [4.69, 9.17) is 0 Å². The predicted octanol–water partition coefficient (Wildman–Crippen LogP) is 5.65. The van der Waals surface area contributed by atoms with Crippen LogP contribution in [0.2, 0.25) is 0 Å². The largest absolute Gasteiger partial charge is 0.287 e. The van der Waals surface area contributed by atoms with Crippen LogP contribution in [0.4, 0.5) is 5.13 Å². The highest BCUT2D eigenvalue weighted by atomic mass is 32.2. The molecule has 0 radical (unpaired) electrons. The van der Waals surface area contributed by atoms with Crippen LogP contribution in [0.15, 0.2) is 76.1 Å². The second kappa shape index (κ2) is 6.02. The topological polar surface area (TPSA) is 30.2 Å². The van der Waals surface area contributed by atoms with Crippen molar-refractivity contribution in [1.82, 2.24) is 8.96 Å². The van der Waals surface area contributed by atoms with Crippen LogP contribution in [-0.2, 0) is 0 Å². The first kappa shape index (κ1) is 14.2. The third kappa shape index (κ3) is 2.69. The van der Waals surface area contributed by atoms with Crippen LogP contribution in [0.3, 0.4) is 0 Å². The maximum Gasteiger partial charge on any atom is 0.209 e. The number of nitrogens with zero attached hydrogens (tertiary/aromatic N) is 3. The molecule has 0 N–H and O–H groups in total. The summed E-state index contributed by atoms with van der Waals surface area (Å²) in [5.41, 5.74) is 3.25. The molecule has 112 valence electrons. The summed E-state index contributed by atoms with van der Waals surface area (Å²) in [7, 11) is 0. The summed E-state index contributed by atoms with van der Waals surface area (Å²) in [6.07, 6.45) is 2.10. The molecular weight excluding hydrogens is 322 g/mol. The van der Waals surface area contributed by atoms with E-state index in [0.717, 1.165) is 11.3 Å². The Balaban J connectivity index is 1.78. The zero-order valence-electron chi connectivity index (χ0n) is 12.2. The van der Waals surface area contributed by atoms with Crippen molar-refractivity contribution in [3.05, 3.63) is 66.2 Å². The van der Waals surface area contributed by atoms with Gasteiger partial charge in [-0.2, -0.15) is 0 Å². The molecule has 2 aromatic carbocycles. The van der Waals surface area contributed by atoms with Gasteiger partial charge in [-0.05, 0) is 42.9 Å². The Morgan fingerprint density at radius 3 is 2.70 bits per heavy atom. The molecule has 2 aromatic heterocycles. The molecule has 0 unspecified atom stereocenters. The molecule has 0 aliphatic rings. The van der Waals surface area contributed by atoms with Gasteiger partial charge in [0, 0.05) is 27.4 Å². The molecule has 0 aliphatic carbocycles. The zero-order chi connectivity index (χ0) is 15.6. The molecule has 0 bridgehead atoms. The van der Waals surface area contributed by atoms with Gasteiger partial charge in [0.1, 0.15) is 0 Å². The summed E-state index contributed by atoms with van der Waals surface area (Å²) in [6.45, 7) is 3.54. The first-order valence-electron chi connectivity index (χ1n) is 7.11. The van der Waals surface area contributed by atoms with Gasteiger partial charge in [-0.1, -0.05) is 30.3 Å². The van der Waals surface area contributed by atoms with Crippen LogP contribution in [0.25, 0.3) is 22.2 Å². The first-order chi connectivity index (χ1) is 11.3. The zero-order valence-corrected chi connectivity index (χ0v) is 13.8. The van der Waals surface area contributed by atoms with Crippen LogP contribution in [0.1, 0.15) is 0 Å². The molecule has 4 aromatic rings. The van der Waals surface area contributed by atoms with Crippen molar-refractivity contribution in [3.8, 4) is 11.3 Å². The average molecular weight is 335 g/mol. The highest BCUT2D eigenvalue weighted by molar-refractivity contribution is 7.98. The molecule has 3 nitrogen and oxygen atoms in total. The number of aromatic nitrogens is 2. The minimum absolute atomic E-state index is 0.704. The number of fused-ring (bicyclic) bond motifs is 1. The molecule has 2 heterocycles. The van der Waals surface area contributed by atoms with Crippen LogP contribution in [0, 0.1) is 0 Å². The molecule has 0 atom stereocenters. The predicted molar refractivity (Wildman–Crippen MR) is 100.0 cm³/mol. The number of benzene rings is 2. The van der Waals surface area contributed by atoms with Gasteiger partial charge < -0.3 is 0 Å². The van der Waals surface area contributed by atoms with E-state index in [0.29, 0.717) is 5.13 Å². The molecule has 0 saturated heterocycles. The van der Waals surface area contributed by atoms with Crippen molar-refractivity contribution in [2.75, 3.05) is 0 Å². The Hall–Kier alpha value is -2.37. The monoisotopic (exact) mass is 335 g/mol. The number of thiazole rings is 1. The fourth-order valence-electron chi connectivity index (χ4n) is 2.50. The normalized spacial score (nSPS) is 11.0. The maximum atomic E-state index is 4.52. The lowest BCUT2D eigenvalue weighted by Gasteiger charge is -2.05. The van der Waals surface area contributed by atoms with Crippen molar-refractivity contribution in [1.29, 1.82) is 0 Å². The van der Waals surface area contributed by atoms with Crippen molar-refractivity contribution in [2.24, 2.45) is 4.99 Å². The van der Waals surface area contributed by atoms with Crippen molar-refractivity contribution in [2.45, 2.75) is 4.90 Å². The summed E-state index contributed by atoms with van der Waals surface area (Å²) in [5.74, 6) is 0. The van der Waals surface area contributed by atoms with Crippen LogP contribution in [0.5, 0.6) is 0 Å². The van der Waals surface area contributed by atoms with Crippen molar-refractivity contribution < 1.29 is 0 Å². The van der Waals surface area contributed by atoms with Gasteiger partial charge in [0.2, 0.25) is 5.13 Å². The van der Waals surface area contributed by atoms with E-state index in [1.807, 2.05) is 11.4 Å². The standard InChI is InChI=1S/C18H13N3S2/c1-19-18-20-16(12-22-18)14-8-5-9-17-15(14)10-11-21(17)23-13-6-3-2-4-7-13/h2-12H,1H2. The van der Waals surface area contributed by atoms with Gasteiger partial charge in [0.15, 0.2) is 0 Å². The average Bonchev–Trinajstić information content (AvgIpc) is 3.23. The van der Waals surface area contributed by atoms with Gasteiger partial charge in [0.25, 0.3) is 0 Å². The summed E-state index contributed by atoms with van der Waals surface area (Å²) in [5, 5.41) is 3.92. The second-order valence-electron chi connectivity index (χ2n) is 4.96. The van der Waals surface area contributed by atoms with Crippen molar-refractivity contribution in [3.63, 3.8) is 0 Å². The Morgan fingerprint density at radius 1 is 1.04 bits per heavy atom. The minimum atomic E-state index is 0.704. The summed E-state index contributed by atoms with van der Waals surface area (Å²) in [4.78, 5) is 9.63. The smallest absolute Gasteiger partial charge is 0.209 e. The van der Waals surface area contributed by atoms with E-state index >= 15 is 0 Å². The lowest BCUT2D eigenvalue weighted by atomic mass is 10.1. The molecule has 4 rings (SSSR count). The highest BCUT2D eigenvalue weighted by Gasteiger charge is 2.11. The summed E-state index contributed by atoms with van der Waals surface area (Å²) in [6, 6.07) is 18.8. The van der Waals surface area contributed by atoms with Gasteiger partial charge in [-0.15, -0.1) is 11.3 Å². The second-order valence-corrected chi connectivity index (χ2v) is 6.84. The summed E-state index contributed by atoms with van der Waals surface area (Å²) >= 11 is 3.22. The molecule has 0 saturated carbocycles. The number of aliphatic imine (C=N–C) groups is 1. The quantitative estimate of drug-likeness (QED) is 0.451. The number of rotatable bonds is 4. The SMILES string of the molecule is C=Nc1nc(-c2cccc3c2ccn3Sc2ccccc2)cs1. The molecular formula is C18H13N3S2. The number of hydrogen-bond donors (Lipinski definition) is 0. The Labute approximate surface area is 142 Å². The van der Waals surface area contributed by atoms with E-state index in [9.17, 15) is 0 Å². The Bertz CT molecular complexity index is 970. The summed E-state index contributed by atoms with van der Waals surface area (Å²) < 4.78 is 2.19. The molecule has 5 heteroatoms. The van der Waals surface area contributed by atoms with E-state index in [-0.39, 0.29) is 0 Å². The third-order valence-corrected chi connectivity index (χ3v) is 5.32. The van der Waals surface area contributed by atoms with Crippen molar-refractivity contribution >= 4 is 46.0 Å². The molecule has 0 spiro atoms. The van der Waals surface area contributed by atoms with Gasteiger partial charge >= 0.3 is 0 Å². The Morgan fingerprint density at radius 2 is 1.91 bits per heavy atom. The van der Waals surface area contributed by atoms with E-state index in [1.165, 1.54) is 27.1 Å². The fraction of sp³-hybridized carbons (Fsp3) is 0. The van der Waals surface area contributed by atoms with E-state index < -0.39 is 0 Å². The molecule has 0 aliphatic heterocycles. The van der Waals surface area contributed by atoms with Crippen LogP contribution < -0.4 is 0 Å². The number of hydrogen-bond acceptors (Lipinski definition) is 4. The molecule has 0 fully saturated rings. The first-order valence-corrected chi connectivity index (χ1v) is 8.76.